The molecule has 1 saturated heterocycles. The van der Waals surface area contributed by atoms with Crippen LogP contribution in [0.2, 0.25) is 5.02 Å². The van der Waals surface area contributed by atoms with Crippen molar-refractivity contribution in [2.75, 3.05) is 0 Å². The van der Waals surface area contributed by atoms with Crippen LogP contribution in [0.25, 0.3) is 5.78 Å². The highest BCUT2D eigenvalue weighted by atomic mass is 35.5. The molecule has 1 aromatic carbocycles. The normalized spacial score (nSPS) is 23.1. The fraction of sp³-hybridized carbons (Fsp3) is 0.353. The third-order valence-corrected chi connectivity index (χ3v) is 7.52. The number of aromatic nitrogens is 4. The van der Waals surface area contributed by atoms with Crippen molar-refractivity contribution < 1.29 is 8.42 Å². The minimum Gasteiger partial charge on any atom is -0.219 e. The van der Waals surface area contributed by atoms with Crippen LogP contribution >= 0.6 is 11.6 Å². The third kappa shape index (κ3) is 2.29. The molecule has 2 atom stereocenters. The molecule has 0 radical (unpaired) electrons. The second-order valence-corrected chi connectivity index (χ2v) is 9.01. The second-order valence-electron chi connectivity index (χ2n) is 6.73. The summed E-state index contributed by atoms with van der Waals surface area (Å²) in [7, 11) is -3.62. The predicted octanol–water partition coefficient (Wildman–Crippen LogP) is 2.62. The van der Waals surface area contributed by atoms with Crippen LogP contribution < -0.4 is 0 Å². The van der Waals surface area contributed by atoms with Crippen molar-refractivity contribution in [1.82, 2.24) is 23.9 Å². The quantitative estimate of drug-likeness (QED) is 0.673. The van der Waals surface area contributed by atoms with Crippen LogP contribution in [0.4, 0.5) is 0 Å². The van der Waals surface area contributed by atoms with Crippen molar-refractivity contribution in [3.63, 3.8) is 0 Å². The van der Waals surface area contributed by atoms with E-state index in [9.17, 15) is 8.42 Å². The van der Waals surface area contributed by atoms with Crippen molar-refractivity contribution in [3.05, 3.63) is 53.1 Å². The minimum atomic E-state index is -3.62. The van der Waals surface area contributed by atoms with Gasteiger partial charge in [-0.05, 0) is 43.5 Å². The fourth-order valence-corrected chi connectivity index (χ4v) is 6.15. The highest BCUT2D eigenvalue weighted by Gasteiger charge is 2.45. The Bertz CT molecular complexity index is 1100. The molecule has 9 heteroatoms. The summed E-state index contributed by atoms with van der Waals surface area (Å²) >= 11 is 5.92. The zero-order valence-corrected chi connectivity index (χ0v) is 15.4. The fourth-order valence-electron chi connectivity index (χ4n) is 4.18. The molecule has 26 heavy (non-hydrogen) atoms. The van der Waals surface area contributed by atoms with E-state index in [1.807, 2.05) is 0 Å². The van der Waals surface area contributed by atoms with Crippen molar-refractivity contribution in [3.8, 4) is 0 Å². The Morgan fingerprint density at radius 3 is 2.73 bits per heavy atom. The third-order valence-electron chi connectivity index (χ3n) is 5.30. The Morgan fingerprint density at radius 2 is 1.92 bits per heavy atom. The van der Waals surface area contributed by atoms with E-state index in [0.717, 1.165) is 30.5 Å². The molecule has 134 valence electrons. The van der Waals surface area contributed by atoms with Gasteiger partial charge in [0.15, 0.2) is 0 Å². The number of piperidine rings is 1. The van der Waals surface area contributed by atoms with Gasteiger partial charge in [-0.25, -0.2) is 17.9 Å². The van der Waals surface area contributed by atoms with E-state index in [1.165, 1.54) is 6.33 Å². The summed E-state index contributed by atoms with van der Waals surface area (Å²) in [6, 6.07) is 6.06. The summed E-state index contributed by atoms with van der Waals surface area (Å²) in [6.07, 6.45) is 6.46. The van der Waals surface area contributed by atoms with E-state index in [2.05, 4.69) is 15.1 Å². The van der Waals surface area contributed by atoms with Crippen LogP contribution in [-0.2, 0) is 16.4 Å². The van der Waals surface area contributed by atoms with Gasteiger partial charge in [0.05, 0.1) is 16.6 Å². The molecule has 2 aromatic heterocycles. The molecule has 0 saturated carbocycles. The Hall–Kier alpha value is -2.03. The first-order valence-corrected chi connectivity index (χ1v) is 10.3. The van der Waals surface area contributed by atoms with Gasteiger partial charge in [-0.3, -0.25) is 0 Å². The molecule has 0 N–H and O–H groups in total. The molecule has 4 heterocycles. The smallest absolute Gasteiger partial charge is 0.219 e. The summed E-state index contributed by atoms with van der Waals surface area (Å²) in [5, 5.41) is 4.79. The van der Waals surface area contributed by atoms with Crippen molar-refractivity contribution in [1.29, 1.82) is 0 Å². The van der Waals surface area contributed by atoms with Gasteiger partial charge in [0.2, 0.25) is 10.0 Å². The summed E-state index contributed by atoms with van der Waals surface area (Å²) in [5.41, 5.74) is 1.95. The summed E-state index contributed by atoms with van der Waals surface area (Å²) in [6.45, 7) is 0. The summed E-state index contributed by atoms with van der Waals surface area (Å²) < 4.78 is 30.1. The molecule has 2 aliphatic rings. The zero-order valence-electron chi connectivity index (χ0n) is 13.8. The average Bonchev–Trinajstić information content (AvgIpc) is 3.11. The Labute approximate surface area is 155 Å². The van der Waals surface area contributed by atoms with Crippen LogP contribution in [0.3, 0.4) is 0 Å². The topological polar surface area (TPSA) is 80.5 Å². The first-order valence-electron chi connectivity index (χ1n) is 8.52. The number of benzene rings is 1. The lowest BCUT2D eigenvalue weighted by atomic mass is 9.85. The van der Waals surface area contributed by atoms with E-state index in [0.29, 0.717) is 17.2 Å². The molecular formula is C17H16ClN5O2S. The van der Waals surface area contributed by atoms with Crippen LogP contribution in [0.1, 0.15) is 36.6 Å². The molecule has 2 aliphatic heterocycles. The molecule has 0 aliphatic carbocycles. The lowest BCUT2D eigenvalue weighted by molar-refractivity contribution is 0.159. The SMILES string of the molecule is O=S(=O)(c1ccc(Cl)cc1)N1C2CCCC1c1cnc3ncnn3c1C2. The Morgan fingerprint density at radius 1 is 1.12 bits per heavy atom. The Balaban J connectivity index is 1.65. The number of nitrogens with zero attached hydrogens (tertiary/aromatic N) is 5. The minimum absolute atomic E-state index is 0.0864. The van der Waals surface area contributed by atoms with Crippen LogP contribution in [0.5, 0.6) is 0 Å². The van der Waals surface area contributed by atoms with Gasteiger partial charge >= 0.3 is 0 Å². The molecule has 2 bridgehead atoms. The highest BCUT2D eigenvalue weighted by molar-refractivity contribution is 7.89. The molecule has 2 unspecified atom stereocenters. The van der Waals surface area contributed by atoms with Gasteiger partial charge in [-0.2, -0.15) is 14.4 Å². The van der Waals surface area contributed by atoms with Crippen molar-refractivity contribution in [2.45, 2.75) is 42.7 Å². The number of halogens is 1. The molecule has 5 rings (SSSR count). The van der Waals surface area contributed by atoms with Crippen LogP contribution in [-0.4, -0.2) is 38.3 Å². The zero-order chi connectivity index (χ0) is 17.9. The maximum atomic E-state index is 13.4. The number of sulfonamides is 1. The molecular weight excluding hydrogens is 374 g/mol. The average molecular weight is 390 g/mol. The lowest BCUT2D eigenvalue weighted by Gasteiger charge is -2.45. The van der Waals surface area contributed by atoms with Gasteiger partial charge in [0, 0.05) is 29.2 Å². The van der Waals surface area contributed by atoms with E-state index < -0.39 is 10.0 Å². The van der Waals surface area contributed by atoms with E-state index >= 15 is 0 Å². The standard InChI is InChI=1S/C17H16ClN5O2S/c18-11-4-6-13(7-5-11)26(24,25)23-12-2-1-3-15(23)14-9-19-17-20-10-21-22(17)16(14)8-12/h4-7,9-10,12,15H,1-3,8H2. The van der Waals surface area contributed by atoms with Crippen molar-refractivity contribution >= 4 is 27.4 Å². The number of fused-ring (bicyclic) bond motifs is 6. The highest BCUT2D eigenvalue weighted by Crippen LogP contribution is 2.44. The van der Waals surface area contributed by atoms with Gasteiger partial charge in [0.25, 0.3) is 5.78 Å². The second kappa shape index (κ2) is 5.73. The molecule has 1 fully saturated rings. The first kappa shape index (κ1) is 16.2. The number of rotatable bonds is 2. The largest absolute Gasteiger partial charge is 0.252 e. The van der Waals surface area contributed by atoms with Gasteiger partial charge < -0.3 is 0 Å². The monoisotopic (exact) mass is 389 g/mol. The maximum absolute atomic E-state index is 13.4. The van der Waals surface area contributed by atoms with E-state index in [4.69, 9.17) is 11.6 Å². The van der Waals surface area contributed by atoms with Gasteiger partial charge in [-0.15, -0.1) is 0 Å². The first-order chi connectivity index (χ1) is 12.6. The van der Waals surface area contributed by atoms with Crippen LogP contribution in [0.15, 0.2) is 41.7 Å². The van der Waals surface area contributed by atoms with E-state index in [1.54, 1.807) is 39.3 Å². The van der Waals surface area contributed by atoms with Gasteiger partial charge in [-0.1, -0.05) is 11.6 Å². The number of hydrogen-bond acceptors (Lipinski definition) is 5. The molecule has 0 spiro atoms. The molecule has 0 amide bonds. The Kier molecular flexibility index (Phi) is 3.57. The summed E-state index contributed by atoms with van der Waals surface area (Å²) in [4.78, 5) is 8.77. The maximum Gasteiger partial charge on any atom is 0.252 e. The lowest BCUT2D eigenvalue weighted by Crippen LogP contribution is -2.50. The van der Waals surface area contributed by atoms with Gasteiger partial charge in [0.1, 0.15) is 6.33 Å². The molecule has 3 aromatic rings. The summed E-state index contributed by atoms with van der Waals surface area (Å²) in [5.74, 6) is 0.552. The number of hydrogen-bond donors (Lipinski definition) is 0. The molecule has 7 nitrogen and oxygen atoms in total. The van der Waals surface area contributed by atoms with Crippen LogP contribution in [0, 0.1) is 0 Å². The predicted molar refractivity (Wildman–Crippen MR) is 95.3 cm³/mol. The van der Waals surface area contributed by atoms with E-state index in [-0.39, 0.29) is 17.0 Å². The van der Waals surface area contributed by atoms with Crippen molar-refractivity contribution in [2.24, 2.45) is 0 Å².